The Kier molecular flexibility index (Phi) is 4.36. The summed E-state index contributed by atoms with van der Waals surface area (Å²) in [6.45, 7) is 9.14. The third-order valence-electron chi connectivity index (χ3n) is 4.98. The molecule has 4 heteroatoms. The number of ether oxygens (including phenoxy) is 1. The highest BCUT2D eigenvalue weighted by Crippen LogP contribution is 2.33. The van der Waals surface area contributed by atoms with E-state index in [0.29, 0.717) is 30.2 Å². The minimum Gasteiger partial charge on any atom is -0.504 e. The maximum absolute atomic E-state index is 10.4. The van der Waals surface area contributed by atoms with Crippen LogP contribution in [0.25, 0.3) is 0 Å². The summed E-state index contributed by atoms with van der Waals surface area (Å²) in [5.74, 6) is 0.905. The van der Waals surface area contributed by atoms with E-state index >= 15 is 0 Å². The zero-order valence-electron chi connectivity index (χ0n) is 13.1. The molecule has 0 radical (unpaired) electrons. The topological polar surface area (TPSA) is 35.9 Å². The largest absolute Gasteiger partial charge is 0.504 e. The maximum atomic E-state index is 10.4. The molecule has 2 heterocycles. The van der Waals surface area contributed by atoms with Crippen molar-refractivity contribution in [2.75, 3.05) is 26.2 Å². The first-order chi connectivity index (χ1) is 10.2. The normalized spacial score (nSPS) is 26.8. The molecular formula is C17H26N2O2. The molecule has 2 aliphatic heterocycles. The fraction of sp³-hybridized carbons (Fsp3) is 0.647. The van der Waals surface area contributed by atoms with E-state index in [1.807, 2.05) is 25.1 Å². The molecule has 21 heavy (non-hydrogen) atoms. The molecule has 0 aliphatic carbocycles. The van der Waals surface area contributed by atoms with Gasteiger partial charge in [0.15, 0.2) is 11.5 Å². The number of rotatable bonds is 4. The van der Waals surface area contributed by atoms with Gasteiger partial charge in [0.25, 0.3) is 0 Å². The van der Waals surface area contributed by atoms with E-state index in [1.165, 1.54) is 19.4 Å². The maximum Gasteiger partial charge on any atom is 0.162 e. The lowest BCUT2D eigenvalue weighted by Gasteiger charge is -2.43. The number of fused-ring (bicyclic) bond motifs is 1. The summed E-state index contributed by atoms with van der Waals surface area (Å²) < 4.78 is 5.49. The molecule has 0 aromatic heterocycles. The average molecular weight is 290 g/mol. The van der Waals surface area contributed by atoms with Crippen molar-refractivity contribution in [3.05, 3.63) is 23.8 Å². The summed E-state index contributed by atoms with van der Waals surface area (Å²) in [5.41, 5.74) is 0.972. The van der Waals surface area contributed by atoms with Crippen molar-refractivity contribution in [3.8, 4) is 11.5 Å². The molecule has 2 fully saturated rings. The van der Waals surface area contributed by atoms with Crippen LogP contribution in [0.3, 0.4) is 0 Å². The van der Waals surface area contributed by atoms with E-state index in [9.17, 15) is 5.11 Å². The predicted molar refractivity (Wildman–Crippen MR) is 83.7 cm³/mol. The second-order valence-corrected chi connectivity index (χ2v) is 6.15. The molecule has 0 bridgehead atoms. The van der Waals surface area contributed by atoms with Crippen LogP contribution in [0.5, 0.6) is 11.5 Å². The number of piperazine rings is 1. The van der Waals surface area contributed by atoms with Crippen LogP contribution >= 0.6 is 0 Å². The lowest BCUT2D eigenvalue weighted by Crippen LogP contribution is -2.55. The molecule has 2 atom stereocenters. The number of phenolic OH excluding ortho intramolecular Hbond substituents is 1. The summed E-state index contributed by atoms with van der Waals surface area (Å²) in [5, 5.41) is 10.4. The van der Waals surface area contributed by atoms with E-state index in [-0.39, 0.29) is 0 Å². The van der Waals surface area contributed by atoms with E-state index in [0.717, 1.165) is 25.2 Å². The zero-order valence-corrected chi connectivity index (χ0v) is 13.1. The van der Waals surface area contributed by atoms with Crippen LogP contribution in [0.2, 0.25) is 0 Å². The van der Waals surface area contributed by atoms with Crippen LogP contribution in [-0.4, -0.2) is 53.2 Å². The Morgan fingerprint density at radius 1 is 1.29 bits per heavy atom. The first kappa shape index (κ1) is 14.7. The van der Waals surface area contributed by atoms with Crippen molar-refractivity contribution in [1.82, 2.24) is 9.80 Å². The van der Waals surface area contributed by atoms with Gasteiger partial charge < -0.3 is 9.84 Å². The van der Waals surface area contributed by atoms with Crippen LogP contribution in [0.15, 0.2) is 18.2 Å². The average Bonchev–Trinajstić information content (AvgIpc) is 2.95. The van der Waals surface area contributed by atoms with E-state index in [2.05, 4.69) is 16.7 Å². The van der Waals surface area contributed by atoms with E-state index < -0.39 is 0 Å². The lowest BCUT2D eigenvalue weighted by atomic mass is 10.0. The zero-order chi connectivity index (χ0) is 14.8. The summed E-state index contributed by atoms with van der Waals surface area (Å²) in [6, 6.07) is 7.05. The standard InChI is InChI=1S/C17H26N2O2/c1-3-21-16-8-4-6-14(17(16)20)12-19-11-10-18-9-5-7-15(18)13(19)2/h4,6,8,13,15,20H,3,5,7,9-12H2,1-2H3/t13-,15+/m1/s1. The van der Waals surface area contributed by atoms with Gasteiger partial charge in [-0.25, -0.2) is 0 Å². The number of hydrogen-bond donors (Lipinski definition) is 1. The monoisotopic (exact) mass is 290 g/mol. The summed E-state index contributed by atoms with van der Waals surface area (Å²) in [6.07, 6.45) is 2.64. The Bertz CT molecular complexity index is 492. The van der Waals surface area contributed by atoms with Crippen LogP contribution in [0.1, 0.15) is 32.3 Å². The van der Waals surface area contributed by atoms with Gasteiger partial charge in [-0.15, -0.1) is 0 Å². The molecule has 3 rings (SSSR count). The first-order valence-electron chi connectivity index (χ1n) is 8.12. The minimum atomic E-state index is 0.306. The second-order valence-electron chi connectivity index (χ2n) is 6.15. The Morgan fingerprint density at radius 2 is 2.14 bits per heavy atom. The fourth-order valence-electron chi connectivity index (χ4n) is 3.79. The van der Waals surface area contributed by atoms with E-state index in [1.54, 1.807) is 0 Å². The molecule has 0 amide bonds. The number of phenols is 1. The molecule has 0 spiro atoms. The van der Waals surface area contributed by atoms with Crippen molar-refractivity contribution >= 4 is 0 Å². The molecular weight excluding hydrogens is 264 g/mol. The molecule has 0 saturated carbocycles. The Morgan fingerprint density at radius 3 is 2.95 bits per heavy atom. The van der Waals surface area contributed by atoms with Gasteiger partial charge in [0.1, 0.15) is 0 Å². The van der Waals surface area contributed by atoms with Gasteiger partial charge in [0.2, 0.25) is 0 Å². The van der Waals surface area contributed by atoms with Gasteiger partial charge in [-0.05, 0) is 39.3 Å². The molecule has 1 N–H and O–H groups in total. The number of para-hydroxylation sites is 1. The fourth-order valence-corrected chi connectivity index (χ4v) is 3.79. The van der Waals surface area contributed by atoms with Gasteiger partial charge in [-0.1, -0.05) is 12.1 Å². The molecule has 1 aromatic carbocycles. The second kappa shape index (κ2) is 6.24. The number of benzene rings is 1. The molecule has 2 aliphatic rings. The molecule has 2 saturated heterocycles. The highest BCUT2D eigenvalue weighted by Gasteiger charge is 2.36. The number of aromatic hydroxyl groups is 1. The van der Waals surface area contributed by atoms with Crippen LogP contribution in [0, 0.1) is 0 Å². The minimum absolute atomic E-state index is 0.306. The quantitative estimate of drug-likeness (QED) is 0.924. The SMILES string of the molecule is CCOc1cccc(CN2CCN3CCC[C@H]3[C@H]2C)c1O. The molecule has 4 nitrogen and oxygen atoms in total. The van der Waals surface area contributed by atoms with Crippen LogP contribution < -0.4 is 4.74 Å². The smallest absolute Gasteiger partial charge is 0.162 e. The van der Waals surface area contributed by atoms with Crippen molar-refractivity contribution in [2.45, 2.75) is 45.3 Å². The van der Waals surface area contributed by atoms with Gasteiger partial charge in [0, 0.05) is 37.3 Å². The van der Waals surface area contributed by atoms with Crippen molar-refractivity contribution in [3.63, 3.8) is 0 Å². The number of nitrogens with zero attached hydrogens (tertiary/aromatic N) is 2. The van der Waals surface area contributed by atoms with Gasteiger partial charge in [-0.2, -0.15) is 0 Å². The summed E-state index contributed by atoms with van der Waals surface area (Å²) >= 11 is 0. The lowest BCUT2D eigenvalue weighted by molar-refractivity contribution is 0.0465. The van der Waals surface area contributed by atoms with Crippen LogP contribution in [0.4, 0.5) is 0 Å². The summed E-state index contributed by atoms with van der Waals surface area (Å²) in [4.78, 5) is 5.12. The van der Waals surface area contributed by atoms with Gasteiger partial charge in [0.05, 0.1) is 6.61 Å². The van der Waals surface area contributed by atoms with Gasteiger partial charge >= 0.3 is 0 Å². The predicted octanol–water partition coefficient (Wildman–Crippen LogP) is 2.46. The highest BCUT2D eigenvalue weighted by atomic mass is 16.5. The third-order valence-corrected chi connectivity index (χ3v) is 4.98. The van der Waals surface area contributed by atoms with Crippen molar-refractivity contribution < 1.29 is 9.84 Å². The third kappa shape index (κ3) is 2.87. The molecule has 1 aromatic rings. The molecule has 0 unspecified atom stereocenters. The van der Waals surface area contributed by atoms with Crippen LogP contribution in [-0.2, 0) is 6.54 Å². The van der Waals surface area contributed by atoms with Crippen molar-refractivity contribution in [2.24, 2.45) is 0 Å². The van der Waals surface area contributed by atoms with E-state index in [4.69, 9.17) is 4.74 Å². The summed E-state index contributed by atoms with van der Waals surface area (Å²) in [7, 11) is 0. The Labute approximate surface area is 127 Å². The molecule has 116 valence electrons. The van der Waals surface area contributed by atoms with Crippen molar-refractivity contribution in [1.29, 1.82) is 0 Å². The number of hydrogen-bond acceptors (Lipinski definition) is 4. The highest BCUT2D eigenvalue weighted by molar-refractivity contribution is 5.45. The Balaban J connectivity index is 1.73. The van der Waals surface area contributed by atoms with Gasteiger partial charge in [-0.3, -0.25) is 9.80 Å². The Hall–Kier alpha value is -1.26. The first-order valence-corrected chi connectivity index (χ1v) is 8.12.